The van der Waals surface area contributed by atoms with Gasteiger partial charge in [0.15, 0.2) is 11.5 Å². The third-order valence-corrected chi connectivity index (χ3v) is 2.44. The minimum Gasteiger partial charge on any atom is -0.493 e. The zero-order valence-electron chi connectivity index (χ0n) is 9.87. The second kappa shape index (κ2) is 6.34. The van der Waals surface area contributed by atoms with Crippen molar-refractivity contribution in [2.45, 2.75) is 6.54 Å². The van der Waals surface area contributed by atoms with Crippen LogP contribution >= 0.6 is 15.9 Å². The lowest BCUT2D eigenvalue weighted by molar-refractivity contribution is 0.261. The van der Waals surface area contributed by atoms with Crippen molar-refractivity contribution in [2.75, 3.05) is 21.3 Å². The van der Waals surface area contributed by atoms with Crippen LogP contribution in [0, 0.1) is 0 Å². The van der Waals surface area contributed by atoms with Gasteiger partial charge in [0.2, 0.25) is 5.75 Å². The molecule has 1 N–H and O–H groups in total. The van der Waals surface area contributed by atoms with Crippen molar-refractivity contribution in [2.24, 2.45) is 0 Å². The molecular formula is C11H14BrNO4. The smallest absolute Gasteiger partial charge is 0.287 e. The van der Waals surface area contributed by atoms with E-state index in [0.29, 0.717) is 23.8 Å². The molecule has 1 aromatic carbocycles. The van der Waals surface area contributed by atoms with E-state index in [2.05, 4.69) is 21.2 Å². The molecule has 0 heterocycles. The molecule has 0 radical (unpaired) electrons. The van der Waals surface area contributed by atoms with Crippen LogP contribution in [0.5, 0.6) is 17.2 Å². The number of hydrogen-bond acceptors (Lipinski definition) is 4. The molecular weight excluding hydrogens is 290 g/mol. The first-order valence-electron chi connectivity index (χ1n) is 4.84. The first-order valence-corrected chi connectivity index (χ1v) is 5.64. The molecule has 0 aliphatic rings. The Balaban J connectivity index is 3.04. The van der Waals surface area contributed by atoms with Crippen LogP contribution in [0.2, 0.25) is 0 Å². The molecule has 0 saturated carbocycles. The van der Waals surface area contributed by atoms with Gasteiger partial charge in [-0.1, -0.05) is 0 Å². The Hall–Kier alpha value is -1.43. The molecule has 1 aromatic rings. The predicted molar refractivity (Wildman–Crippen MR) is 67.3 cm³/mol. The van der Waals surface area contributed by atoms with E-state index in [1.54, 1.807) is 33.5 Å². The van der Waals surface area contributed by atoms with Crippen LogP contribution in [0.15, 0.2) is 12.1 Å². The van der Waals surface area contributed by atoms with E-state index >= 15 is 0 Å². The summed E-state index contributed by atoms with van der Waals surface area (Å²) in [6, 6.07) is 3.56. The summed E-state index contributed by atoms with van der Waals surface area (Å²) in [6.45, 7) is 0.376. The van der Waals surface area contributed by atoms with E-state index in [9.17, 15) is 4.79 Å². The topological polar surface area (TPSA) is 56.8 Å². The molecule has 17 heavy (non-hydrogen) atoms. The molecule has 0 aromatic heterocycles. The van der Waals surface area contributed by atoms with Crippen molar-refractivity contribution in [3.05, 3.63) is 17.7 Å². The van der Waals surface area contributed by atoms with E-state index in [1.807, 2.05) is 0 Å². The number of halogens is 1. The number of methoxy groups -OCH3 is 3. The summed E-state index contributed by atoms with van der Waals surface area (Å²) in [6.07, 6.45) is 0. The van der Waals surface area contributed by atoms with Crippen molar-refractivity contribution in [1.29, 1.82) is 0 Å². The Morgan fingerprint density at radius 1 is 1.18 bits per heavy atom. The van der Waals surface area contributed by atoms with Crippen molar-refractivity contribution >= 4 is 20.7 Å². The van der Waals surface area contributed by atoms with Crippen LogP contribution in [0.3, 0.4) is 0 Å². The second-order valence-electron chi connectivity index (χ2n) is 3.16. The Morgan fingerprint density at radius 3 is 2.06 bits per heavy atom. The maximum absolute atomic E-state index is 10.8. The number of amides is 1. The standard InChI is InChI=1S/C11H14BrNO4/c1-15-8-4-7(6-13-11(12)14)5-9(16-2)10(8)17-3/h4-5H,6H2,1-3H3,(H,13,14). The van der Waals surface area contributed by atoms with E-state index in [1.165, 1.54) is 0 Å². The maximum Gasteiger partial charge on any atom is 0.287 e. The largest absolute Gasteiger partial charge is 0.493 e. The third-order valence-electron chi connectivity index (χ3n) is 2.16. The minimum atomic E-state index is -0.272. The fourth-order valence-corrected chi connectivity index (χ4v) is 1.55. The molecule has 6 heteroatoms. The van der Waals surface area contributed by atoms with Gasteiger partial charge in [-0.25, -0.2) is 0 Å². The van der Waals surface area contributed by atoms with Gasteiger partial charge in [-0.2, -0.15) is 0 Å². The summed E-state index contributed by atoms with van der Waals surface area (Å²) in [4.78, 5) is 10.5. The fourth-order valence-electron chi connectivity index (χ4n) is 1.41. The number of hydrogen-bond donors (Lipinski definition) is 1. The summed E-state index contributed by atoms with van der Waals surface area (Å²) in [5, 5.41) is 2.63. The van der Waals surface area contributed by atoms with E-state index in [4.69, 9.17) is 14.2 Å². The van der Waals surface area contributed by atoms with Gasteiger partial charge < -0.3 is 19.5 Å². The quantitative estimate of drug-likeness (QED) is 0.670. The summed E-state index contributed by atoms with van der Waals surface area (Å²) in [5.74, 6) is 1.65. The van der Waals surface area contributed by atoms with Crippen LogP contribution in [-0.4, -0.2) is 26.1 Å². The monoisotopic (exact) mass is 303 g/mol. The molecule has 0 atom stereocenters. The SMILES string of the molecule is COc1cc(CNC(=O)Br)cc(OC)c1OC. The zero-order valence-corrected chi connectivity index (χ0v) is 11.5. The first kappa shape index (κ1) is 13.6. The molecule has 0 aliphatic carbocycles. The summed E-state index contributed by atoms with van der Waals surface area (Å²) >= 11 is 2.79. The molecule has 0 aliphatic heterocycles. The highest BCUT2D eigenvalue weighted by molar-refractivity contribution is 9.18. The second-order valence-corrected chi connectivity index (χ2v) is 3.88. The number of rotatable bonds is 5. The maximum atomic E-state index is 10.8. The Morgan fingerprint density at radius 2 is 1.71 bits per heavy atom. The Kier molecular flexibility index (Phi) is 5.09. The number of ether oxygens (including phenoxy) is 3. The van der Waals surface area contributed by atoms with E-state index < -0.39 is 0 Å². The van der Waals surface area contributed by atoms with Crippen LogP contribution in [0.25, 0.3) is 0 Å². The fraction of sp³-hybridized carbons (Fsp3) is 0.364. The van der Waals surface area contributed by atoms with Gasteiger partial charge in [-0.15, -0.1) is 0 Å². The lowest BCUT2D eigenvalue weighted by Gasteiger charge is -2.14. The number of carbonyl (C=O) groups excluding carboxylic acids is 1. The zero-order chi connectivity index (χ0) is 12.8. The molecule has 1 rings (SSSR count). The Bertz CT molecular complexity index is 383. The highest BCUT2D eigenvalue weighted by Crippen LogP contribution is 2.38. The van der Waals surface area contributed by atoms with Crippen LogP contribution in [0.1, 0.15) is 5.56 Å². The lowest BCUT2D eigenvalue weighted by Crippen LogP contribution is -2.15. The van der Waals surface area contributed by atoms with E-state index in [-0.39, 0.29) is 4.82 Å². The first-order chi connectivity index (χ1) is 8.12. The van der Waals surface area contributed by atoms with Crippen LogP contribution < -0.4 is 19.5 Å². The lowest BCUT2D eigenvalue weighted by atomic mass is 10.2. The van der Waals surface area contributed by atoms with Gasteiger partial charge in [0.05, 0.1) is 21.3 Å². The molecule has 0 spiro atoms. The van der Waals surface area contributed by atoms with Gasteiger partial charge in [-0.05, 0) is 17.7 Å². The summed E-state index contributed by atoms with van der Waals surface area (Å²) < 4.78 is 15.6. The number of benzene rings is 1. The average molecular weight is 304 g/mol. The van der Waals surface area contributed by atoms with Crippen molar-refractivity contribution in [3.8, 4) is 17.2 Å². The van der Waals surface area contributed by atoms with Gasteiger partial charge in [0, 0.05) is 22.5 Å². The molecule has 0 unspecified atom stereocenters. The van der Waals surface area contributed by atoms with Gasteiger partial charge in [0.1, 0.15) is 0 Å². The molecule has 94 valence electrons. The van der Waals surface area contributed by atoms with Gasteiger partial charge in [-0.3, -0.25) is 4.79 Å². The predicted octanol–water partition coefficient (Wildman–Crippen LogP) is 2.32. The number of nitrogens with one attached hydrogen (secondary N) is 1. The van der Waals surface area contributed by atoms with Crippen LogP contribution in [0.4, 0.5) is 4.79 Å². The van der Waals surface area contributed by atoms with Gasteiger partial charge in [0.25, 0.3) is 4.82 Å². The van der Waals surface area contributed by atoms with Gasteiger partial charge >= 0.3 is 0 Å². The number of carbonyl (C=O) groups is 1. The highest BCUT2D eigenvalue weighted by atomic mass is 79.9. The molecule has 0 bridgehead atoms. The minimum absolute atomic E-state index is 0.272. The Labute approximate surface area is 108 Å². The molecule has 0 fully saturated rings. The van der Waals surface area contributed by atoms with Crippen molar-refractivity contribution in [3.63, 3.8) is 0 Å². The summed E-state index contributed by atoms with van der Waals surface area (Å²) in [7, 11) is 4.63. The molecule has 1 amide bonds. The normalized spacial score (nSPS) is 9.65. The molecule has 5 nitrogen and oxygen atoms in total. The summed E-state index contributed by atoms with van der Waals surface area (Å²) in [5.41, 5.74) is 0.854. The molecule has 0 saturated heterocycles. The van der Waals surface area contributed by atoms with Crippen molar-refractivity contribution in [1.82, 2.24) is 5.32 Å². The van der Waals surface area contributed by atoms with Crippen LogP contribution in [-0.2, 0) is 6.54 Å². The highest BCUT2D eigenvalue weighted by Gasteiger charge is 2.13. The van der Waals surface area contributed by atoms with Crippen molar-refractivity contribution < 1.29 is 19.0 Å². The van der Waals surface area contributed by atoms with E-state index in [0.717, 1.165) is 5.56 Å². The third kappa shape index (κ3) is 3.52. The average Bonchev–Trinajstić information content (AvgIpc) is 2.34.